The fourth-order valence-corrected chi connectivity index (χ4v) is 2.81. The van der Waals surface area contributed by atoms with E-state index in [-0.39, 0.29) is 0 Å². The molecule has 0 saturated carbocycles. The molecule has 4 nitrogen and oxygen atoms in total. The van der Waals surface area contributed by atoms with E-state index in [1.807, 2.05) is 0 Å². The van der Waals surface area contributed by atoms with Gasteiger partial charge in [0.1, 0.15) is 0 Å². The van der Waals surface area contributed by atoms with Gasteiger partial charge in [-0.15, -0.1) is 5.10 Å². The maximum absolute atomic E-state index is 5.05. The van der Waals surface area contributed by atoms with E-state index in [2.05, 4.69) is 40.9 Å². The number of nitrogens with one attached hydrogen (secondary N) is 1. The highest BCUT2D eigenvalue weighted by atomic mass is 32.1. The van der Waals surface area contributed by atoms with Crippen molar-refractivity contribution < 1.29 is 0 Å². The van der Waals surface area contributed by atoms with E-state index in [0.29, 0.717) is 12.1 Å². The summed E-state index contributed by atoms with van der Waals surface area (Å²) < 4.78 is 0.754. The van der Waals surface area contributed by atoms with Gasteiger partial charge in [0.15, 0.2) is 3.95 Å². The van der Waals surface area contributed by atoms with Crippen LogP contribution in [0.25, 0.3) is 0 Å². The van der Waals surface area contributed by atoms with Crippen LogP contribution in [0.4, 0.5) is 5.13 Å². The first-order chi connectivity index (χ1) is 7.08. The predicted molar refractivity (Wildman–Crippen MR) is 66.2 cm³/mol. The van der Waals surface area contributed by atoms with Crippen LogP contribution in [0.15, 0.2) is 0 Å². The lowest BCUT2D eigenvalue weighted by Gasteiger charge is -2.42. The summed E-state index contributed by atoms with van der Waals surface area (Å²) in [5, 5.41) is 8.09. The summed E-state index contributed by atoms with van der Waals surface area (Å²) in [7, 11) is 2.18. The molecule has 0 aromatic carbocycles. The highest BCUT2D eigenvalue weighted by Gasteiger charge is 2.27. The molecule has 2 unspecified atom stereocenters. The topological polar surface area (TPSA) is 35.2 Å². The maximum atomic E-state index is 5.05. The van der Waals surface area contributed by atoms with E-state index in [1.165, 1.54) is 0 Å². The van der Waals surface area contributed by atoms with Gasteiger partial charge in [-0.05, 0) is 33.1 Å². The molecule has 1 fully saturated rings. The van der Waals surface area contributed by atoms with Crippen molar-refractivity contribution in [1.29, 1.82) is 0 Å². The van der Waals surface area contributed by atoms with Gasteiger partial charge in [0.2, 0.25) is 5.13 Å². The van der Waals surface area contributed by atoms with Gasteiger partial charge >= 0.3 is 0 Å². The van der Waals surface area contributed by atoms with Crippen LogP contribution >= 0.6 is 23.6 Å². The SMILES string of the molecule is CC1CN(c2n[nH]c(=S)s2)CC(C)N1C. The molecule has 2 atom stereocenters. The Morgan fingerprint density at radius 1 is 1.40 bits per heavy atom. The van der Waals surface area contributed by atoms with Gasteiger partial charge in [0, 0.05) is 25.2 Å². The first-order valence-electron chi connectivity index (χ1n) is 5.10. The summed E-state index contributed by atoms with van der Waals surface area (Å²) in [6.07, 6.45) is 0. The largest absolute Gasteiger partial charge is 0.344 e. The number of piperazine rings is 1. The third-order valence-corrected chi connectivity index (χ3v) is 4.21. The standard InChI is InChI=1S/C9H16N4S2/c1-6-4-13(5-7(2)12(6)3)8-10-11-9(14)15-8/h6-7H,4-5H2,1-3H3,(H,11,14). The second-order valence-electron chi connectivity index (χ2n) is 4.16. The molecule has 0 spiro atoms. The molecule has 0 radical (unpaired) electrons. The third-order valence-electron chi connectivity index (χ3n) is 3.06. The van der Waals surface area contributed by atoms with E-state index in [0.717, 1.165) is 22.2 Å². The van der Waals surface area contributed by atoms with Crippen molar-refractivity contribution in [2.45, 2.75) is 25.9 Å². The van der Waals surface area contributed by atoms with Gasteiger partial charge in [-0.2, -0.15) is 0 Å². The Bertz CT molecular complexity index is 373. The van der Waals surface area contributed by atoms with E-state index < -0.39 is 0 Å². The second-order valence-corrected chi connectivity index (χ2v) is 5.81. The van der Waals surface area contributed by atoms with Crippen LogP contribution in [0.5, 0.6) is 0 Å². The molecule has 1 aromatic rings. The van der Waals surface area contributed by atoms with Gasteiger partial charge in [-0.25, -0.2) is 0 Å². The van der Waals surface area contributed by atoms with E-state index in [4.69, 9.17) is 12.2 Å². The van der Waals surface area contributed by atoms with Gasteiger partial charge in [-0.3, -0.25) is 10.00 Å². The number of hydrogen-bond acceptors (Lipinski definition) is 5. The van der Waals surface area contributed by atoms with Gasteiger partial charge < -0.3 is 4.90 Å². The highest BCUT2D eigenvalue weighted by molar-refractivity contribution is 7.73. The molecule has 2 heterocycles. The van der Waals surface area contributed by atoms with E-state index in [9.17, 15) is 0 Å². The number of likely N-dealkylation sites (N-methyl/N-ethyl adjacent to an activating group) is 1. The molecule has 2 rings (SSSR count). The van der Waals surface area contributed by atoms with Crippen molar-refractivity contribution >= 4 is 28.7 Å². The van der Waals surface area contributed by atoms with E-state index in [1.54, 1.807) is 11.3 Å². The molecule has 1 saturated heterocycles. The van der Waals surface area contributed by atoms with Crippen LogP contribution in [-0.4, -0.2) is 47.3 Å². The molecule has 1 aliphatic rings. The highest BCUT2D eigenvalue weighted by Crippen LogP contribution is 2.22. The normalized spacial score (nSPS) is 28.3. The Labute approximate surface area is 98.9 Å². The fraction of sp³-hybridized carbons (Fsp3) is 0.778. The van der Waals surface area contributed by atoms with Crippen molar-refractivity contribution in [1.82, 2.24) is 15.1 Å². The van der Waals surface area contributed by atoms with Crippen LogP contribution in [0, 0.1) is 3.95 Å². The minimum absolute atomic E-state index is 0.561. The summed E-state index contributed by atoms with van der Waals surface area (Å²) in [5.74, 6) is 0. The minimum Gasteiger partial charge on any atom is -0.344 e. The molecule has 1 N–H and O–H groups in total. The number of H-pyrrole nitrogens is 1. The Hall–Kier alpha value is -0.460. The Morgan fingerprint density at radius 3 is 2.47 bits per heavy atom. The van der Waals surface area contributed by atoms with Crippen molar-refractivity contribution in [3.05, 3.63) is 3.95 Å². The lowest BCUT2D eigenvalue weighted by molar-refractivity contribution is 0.170. The average molecular weight is 244 g/mol. The molecular weight excluding hydrogens is 228 g/mol. The van der Waals surface area contributed by atoms with Crippen LogP contribution in [-0.2, 0) is 0 Å². The van der Waals surface area contributed by atoms with Crippen LogP contribution in [0.1, 0.15) is 13.8 Å². The van der Waals surface area contributed by atoms with Crippen molar-refractivity contribution in [2.24, 2.45) is 0 Å². The number of nitrogens with zero attached hydrogens (tertiary/aromatic N) is 3. The molecule has 1 aliphatic heterocycles. The Balaban J connectivity index is 2.15. The first kappa shape index (κ1) is 11.0. The molecule has 84 valence electrons. The zero-order valence-electron chi connectivity index (χ0n) is 9.23. The van der Waals surface area contributed by atoms with Crippen molar-refractivity contribution in [3.8, 4) is 0 Å². The smallest absolute Gasteiger partial charge is 0.207 e. The zero-order chi connectivity index (χ0) is 11.0. The monoisotopic (exact) mass is 244 g/mol. The lowest BCUT2D eigenvalue weighted by Crippen LogP contribution is -2.55. The summed E-state index contributed by atoms with van der Waals surface area (Å²) in [6, 6.07) is 1.12. The molecule has 1 aromatic heterocycles. The fourth-order valence-electron chi connectivity index (χ4n) is 1.92. The first-order valence-corrected chi connectivity index (χ1v) is 6.33. The third kappa shape index (κ3) is 2.21. The maximum Gasteiger partial charge on any atom is 0.207 e. The summed E-state index contributed by atoms with van der Waals surface area (Å²) >= 11 is 6.60. The summed E-state index contributed by atoms with van der Waals surface area (Å²) in [5.41, 5.74) is 0. The summed E-state index contributed by atoms with van der Waals surface area (Å²) in [4.78, 5) is 4.72. The number of anilines is 1. The number of aromatic nitrogens is 2. The molecule has 0 bridgehead atoms. The Morgan fingerprint density at radius 2 is 2.00 bits per heavy atom. The zero-order valence-corrected chi connectivity index (χ0v) is 10.9. The van der Waals surface area contributed by atoms with Crippen molar-refractivity contribution in [3.63, 3.8) is 0 Å². The molecular formula is C9H16N4S2. The molecule has 0 aliphatic carbocycles. The Kier molecular flexibility index (Phi) is 3.08. The molecule has 0 amide bonds. The predicted octanol–water partition coefficient (Wildman–Crippen LogP) is 1.73. The molecule has 6 heteroatoms. The number of hydrogen-bond donors (Lipinski definition) is 1. The summed E-state index contributed by atoms with van der Waals surface area (Å²) in [6.45, 7) is 6.54. The number of rotatable bonds is 1. The minimum atomic E-state index is 0.561. The van der Waals surface area contributed by atoms with E-state index >= 15 is 0 Å². The van der Waals surface area contributed by atoms with Crippen LogP contribution in [0.2, 0.25) is 0 Å². The van der Waals surface area contributed by atoms with Crippen molar-refractivity contribution in [2.75, 3.05) is 25.0 Å². The van der Waals surface area contributed by atoms with Crippen LogP contribution < -0.4 is 4.90 Å². The second kappa shape index (κ2) is 4.19. The molecule has 15 heavy (non-hydrogen) atoms. The van der Waals surface area contributed by atoms with Crippen LogP contribution in [0.3, 0.4) is 0 Å². The van der Waals surface area contributed by atoms with Gasteiger partial charge in [0.05, 0.1) is 0 Å². The number of aromatic amines is 1. The lowest BCUT2D eigenvalue weighted by atomic mass is 10.1. The van der Waals surface area contributed by atoms with Gasteiger partial charge in [0.25, 0.3) is 0 Å². The quantitative estimate of drug-likeness (QED) is 0.763. The average Bonchev–Trinajstić information content (AvgIpc) is 2.60. The van der Waals surface area contributed by atoms with Gasteiger partial charge in [-0.1, -0.05) is 11.3 Å².